The number of ether oxygens (including phenoxy) is 1. The maximum absolute atomic E-state index is 15.4. The maximum atomic E-state index is 15.4. The van der Waals surface area contributed by atoms with Crippen LogP contribution in [0.5, 0.6) is 0 Å². The largest absolute Gasteiger partial charge is 0.464 e. The third-order valence-corrected chi connectivity index (χ3v) is 7.18. The second kappa shape index (κ2) is 6.99. The number of hydrogen-bond donors (Lipinski definition) is 1. The van der Waals surface area contributed by atoms with Crippen molar-refractivity contribution >= 4 is 17.2 Å². The summed E-state index contributed by atoms with van der Waals surface area (Å²) in [6, 6.07) is 4.78. The Labute approximate surface area is 183 Å². The number of allylic oxidation sites excluding steroid dienone is 2. The molecule has 6 rings (SSSR count). The molecule has 2 N–H and O–H groups in total. The smallest absolute Gasteiger partial charge is 0.163 e. The van der Waals surface area contributed by atoms with Gasteiger partial charge in [-0.3, -0.25) is 4.79 Å². The van der Waals surface area contributed by atoms with Gasteiger partial charge in [0.1, 0.15) is 23.2 Å². The molecule has 4 aliphatic rings. The number of nitrogen functional groups attached to an aromatic ring is 1. The zero-order valence-corrected chi connectivity index (χ0v) is 17.4. The summed E-state index contributed by atoms with van der Waals surface area (Å²) in [5.41, 5.74) is 8.09. The Bertz CT molecular complexity index is 1240. The molecule has 3 aliphatic carbocycles. The maximum Gasteiger partial charge on any atom is 0.163 e. The molecule has 1 heterocycles. The van der Waals surface area contributed by atoms with Crippen molar-refractivity contribution in [3.05, 3.63) is 70.3 Å². The SMILES string of the molecule is Nc1cc(F)c(-c2cc3c(cc2F)C2=C(C(=O)CCC3CC3CC3)C3CC3=CO2)cc1F. The summed E-state index contributed by atoms with van der Waals surface area (Å²) < 4.78 is 50.0. The number of benzene rings is 2. The van der Waals surface area contributed by atoms with Crippen molar-refractivity contribution < 1.29 is 22.7 Å². The van der Waals surface area contributed by atoms with Gasteiger partial charge in [0.25, 0.3) is 0 Å². The summed E-state index contributed by atoms with van der Waals surface area (Å²) in [6.45, 7) is 0. The molecule has 2 atom stereocenters. The number of halogens is 3. The second-order valence-electron chi connectivity index (χ2n) is 9.42. The van der Waals surface area contributed by atoms with Crippen molar-refractivity contribution in [3.63, 3.8) is 0 Å². The normalized spacial score (nSPS) is 24.0. The van der Waals surface area contributed by atoms with Crippen LogP contribution in [-0.4, -0.2) is 5.78 Å². The Morgan fingerprint density at radius 1 is 0.938 bits per heavy atom. The lowest BCUT2D eigenvalue weighted by Gasteiger charge is -2.27. The Balaban J connectivity index is 1.56. The van der Waals surface area contributed by atoms with Crippen LogP contribution in [-0.2, 0) is 9.53 Å². The third kappa shape index (κ3) is 3.15. The van der Waals surface area contributed by atoms with Gasteiger partial charge < -0.3 is 10.5 Å². The van der Waals surface area contributed by atoms with Crippen LogP contribution in [0.1, 0.15) is 55.6 Å². The molecule has 164 valence electrons. The molecule has 2 fully saturated rings. The van der Waals surface area contributed by atoms with Gasteiger partial charge >= 0.3 is 0 Å². The van der Waals surface area contributed by atoms with Crippen LogP contribution in [0, 0.1) is 29.3 Å². The van der Waals surface area contributed by atoms with Gasteiger partial charge in [-0.1, -0.05) is 12.8 Å². The molecule has 2 unspecified atom stereocenters. The predicted molar refractivity (Wildman–Crippen MR) is 115 cm³/mol. The average Bonchev–Trinajstić information content (AvgIpc) is 3.67. The van der Waals surface area contributed by atoms with Crippen molar-refractivity contribution in [2.45, 2.75) is 44.4 Å². The fourth-order valence-corrected chi connectivity index (χ4v) is 5.18. The molecular weight excluding hydrogens is 415 g/mol. The number of rotatable bonds is 3. The summed E-state index contributed by atoms with van der Waals surface area (Å²) in [5.74, 6) is -1.11. The second-order valence-corrected chi connectivity index (χ2v) is 9.42. The molecule has 0 saturated heterocycles. The molecule has 0 spiro atoms. The van der Waals surface area contributed by atoms with Crippen LogP contribution >= 0.6 is 0 Å². The summed E-state index contributed by atoms with van der Waals surface area (Å²) in [7, 11) is 0. The monoisotopic (exact) mass is 437 g/mol. The van der Waals surface area contributed by atoms with Gasteiger partial charge in [-0.2, -0.15) is 0 Å². The topological polar surface area (TPSA) is 52.3 Å². The van der Waals surface area contributed by atoms with Gasteiger partial charge in [0, 0.05) is 40.7 Å². The Morgan fingerprint density at radius 2 is 1.66 bits per heavy atom. The first-order valence-electron chi connectivity index (χ1n) is 11.1. The quantitative estimate of drug-likeness (QED) is 0.578. The van der Waals surface area contributed by atoms with Crippen LogP contribution in [0.25, 0.3) is 16.9 Å². The first kappa shape index (κ1) is 19.6. The lowest BCUT2D eigenvalue weighted by atomic mass is 9.79. The van der Waals surface area contributed by atoms with E-state index in [0.717, 1.165) is 49.0 Å². The minimum absolute atomic E-state index is 0.00606. The van der Waals surface area contributed by atoms with Crippen molar-refractivity contribution in [2.24, 2.45) is 11.8 Å². The molecular formula is C26H22F3NO2. The van der Waals surface area contributed by atoms with Crippen molar-refractivity contribution in [1.29, 1.82) is 0 Å². The number of nitrogens with two attached hydrogens (primary N) is 1. The van der Waals surface area contributed by atoms with Crippen LogP contribution in [0.2, 0.25) is 0 Å². The highest BCUT2D eigenvalue weighted by Crippen LogP contribution is 2.53. The molecule has 2 saturated carbocycles. The number of carbonyl (C=O) groups excluding carboxylic acids is 1. The van der Waals surface area contributed by atoms with E-state index in [1.807, 2.05) is 0 Å². The van der Waals surface area contributed by atoms with E-state index in [-0.39, 0.29) is 34.4 Å². The zero-order chi connectivity index (χ0) is 22.1. The van der Waals surface area contributed by atoms with Gasteiger partial charge in [0.2, 0.25) is 0 Å². The third-order valence-electron chi connectivity index (χ3n) is 7.18. The first-order chi connectivity index (χ1) is 15.4. The van der Waals surface area contributed by atoms with Gasteiger partial charge in [0.05, 0.1) is 11.9 Å². The Hall–Kier alpha value is -3.02. The first-order valence-corrected chi connectivity index (χ1v) is 11.1. The van der Waals surface area contributed by atoms with E-state index in [2.05, 4.69) is 0 Å². The van der Waals surface area contributed by atoms with Crippen LogP contribution in [0.4, 0.5) is 18.9 Å². The Kier molecular flexibility index (Phi) is 4.29. The number of fused-ring (bicyclic) bond motifs is 4. The molecule has 0 bridgehead atoms. The number of Topliss-reactive ketones (excluding diaryl/α,β-unsaturated/α-hetero) is 1. The zero-order valence-electron chi connectivity index (χ0n) is 17.4. The molecule has 32 heavy (non-hydrogen) atoms. The van der Waals surface area contributed by atoms with Crippen molar-refractivity contribution in [3.8, 4) is 11.1 Å². The highest BCUT2D eigenvalue weighted by molar-refractivity contribution is 6.04. The van der Waals surface area contributed by atoms with E-state index in [0.29, 0.717) is 35.7 Å². The molecule has 2 aromatic carbocycles. The van der Waals surface area contributed by atoms with Gasteiger partial charge in [-0.15, -0.1) is 0 Å². The van der Waals surface area contributed by atoms with Crippen molar-refractivity contribution in [1.82, 2.24) is 0 Å². The number of carbonyl (C=O) groups is 1. The van der Waals surface area contributed by atoms with E-state index in [9.17, 15) is 13.6 Å². The van der Waals surface area contributed by atoms with E-state index in [1.54, 1.807) is 12.3 Å². The molecule has 2 aromatic rings. The summed E-state index contributed by atoms with van der Waals surface area (Å²) >= 11 is 0. The highest BCUT2D eigenvalue weighted by atomic mass is 19.1. The minimum atomic E-state index is -0.792. The van der Waals surface area contributed by atoms with Crippen molar-refractivity contribution in [2.75, 3.05) is 5.73 Å². The van der Waals surface area contributed by atoms with Gasteiger partial charge in [0.15, 0.2) is 5.78 Å². The fraction of sp³-hybridized carbons (Fsp3) is 0.346. The summed E-state index contributed by atoms with van der Waals surface area (Å²) in [4.78, 5) is 13.0. The van der Waals surface area contributed by atoms with E-state index in [1.165, 1.54) is 6.07 Å². The van der Waals surface area contributed by atoms with Crippen LogP contribution < -0.4 is 5.73 Å². The minimum Gasteiger partial charge on any atom is -0.464 e. The van der Waals surface area contributed by atoms with E-state index < -0.39 is 17.5 Å². The van der Waals surface area contributed by atoms with E-state index in [4.69, 9.17) is 10.5 Å². The number of ketones is 1. The fourth-order valence-electron chi connectivity index (χ4n) is 5.18. The number of hydrogen-bond acceptors (Lipinski definition) is 3. The van der Waals surface area contributed by atoms with E-state index >= 15 is 4.39 Å². The molecule has 0 radical (unpaired) electrons. The molecule has 6 heteroatoms. The molecule has 0 aromatic heterocycles. The summed E-state index contributed by atoms with van der Waals surface area (Å²) in [5, 5.41) is 0. The highest BCUT2D eigenvalue weighted by Gasteiger charge is 2.44. The standard InChI is InChI=1S/C26H22F3NO2/c27-20-9-19-15(7-17(20)18-8-22(29)23(30)10-21(18)28)13(5-12-1-2-12)3-4-24(31)25-16-6-14(16)11-32-26(19)25/h7-13,16H,1-6,30H2. The lowest BCUT2D eigenvalue weighted by Crippen LogP contribution is -2.18. The van der Waals surface area contributed by atoms with Crippen LogP contribution in [0.15, 0.2) is 41.7 Å². The number of anilines is 1. The predicted octanol–water partition coefficient (Wildman–Crippen LogP) is 6.24. The lowest BCUT2D eigenvalue weighted by molar-refractivity contribution is -0.116. The van der Waals surface area contributed by atoms with Crippen LogP contribution in [0.3, 0.4) is 0 Å². The Morgan fingerprint density at radius 3 is 2.44 bits per heavy atom. The molecule has 3 nitrogen and oxygen atoms in total. The van der Waals surface area contributed by atoms with Gasteiger partial charge in [-0.05, 0) is 60.4 Å². The molecule has 0 amide bonds. The molecule has 1 aliphatic heterocycles. The summed E-state index contributed by atoms with van der Waals surface area (Å²) in [6.07, 6.45) is 6.68. The average molecular weight is 437 g/mol. The van der Waals surface area contributed by atoms with Gasteiger partial charge in [-0.25, -0.2) is 13.2 Å².